The highest BCUT2D eigenvalue weighted by atomic mass is 16.1. The van der Waals surface area contributed by atoms with Crippen molar-refractivity contribution < 1.29 is 4.79 Å². The molecule has 1 aliphatic rings. The third kappa shape index (κ3) is 7.10. The molecule has 0 aliphatic carbocycles. The molecule has 66 valence electrons. The maximum atomic E-state index is 10.3. The van der Waals surface area contributed by atoms with Gasteiger partial charge in [-0.1, -0.05) is 20.4 Å². The molecule has 2 heteroatoms. The summed E-state index contributed by atoms with van der Waals surface area (Å²) in [6, 6.07) is 0. The average molecular weight is 157 g/mol. The average Bonchev–Trinajstić information content (AvgIpc) is 2.17. The van der Waals surface area contributed by atoms with Crippen LogP contribution in [0.3, 0.4) is 0 Å². The molecule has 0 bridgehead atoms. The van der Waals surface area contributed by atoms with Gasteiger partial charge in [0.1, 0.15) is 0 Å². The summed E-state index contributed by atoms with van der Waals surface area (Å²) in [5.74, 6) is 0.764. The van der Waals surface area contributed by atoms with Crippen LogP contribution in [0.5, 0.6) is 0 Å². The van der Waals surface area contributed by atoms with E-state index in [-0.39, 0.29) is 13.3 Å². The van der Waals surface area contributed by atoms with E-state index in [9.17, 15) is 4.79 Å². The van der Waals surface area contributed by atoms with Gasteiger partial charge in [0.2, 0.25) is 5.91 Å². The lowest BCUT2D eigenvalue weighted by atomic mass is 10.2. The molecule has 1 saturated heterocycles. The van der Waals surface area contributed by atoms with Gasteiger partial charge in [-0.15, -0.1) is 6.58 Å². The number of hydrogen-bond acceptors (Lipinski definition) is 1. The molecule has 0 aromatic carbocycles. The minimum absolute atomic E-state index is 0. The molecule has 11 heavy (non-hydrogen) atoms. The van der Waals surface area contributed by atoms with Crippen molar-refractivity contribution in [2.75, 3.05) is 6.54 Å². The largest absolute Gasteiger partial charge is 0.356 e. The van der Waals surface area contributed by atoms with Crippen LogP contribution in [0.4, 0.5) is 0 Å². The molecule has 1 amide bonds. The minimum Gasteiger partial charge on any atom is -0.356 e. The first-order valence-electron chi connectivity index (χ1n) is 3.54. The van der Waals surface area contributed by atoms with Gasteiger partial charge in [-0.05, 0) is 12.8 Å². The number of carbonyl (C=O) groups excluding carboxylic acids is 1. The van der Waals surface area contributed by atoms with Crippen molar-refractivity contribution in [3.8, 4) is 0 Å². The van der Waals surface area contributed by atoms with Crippen molar-refractivity contribution in [1.29, 1.82) is 0 Å². The van der Waals surface area contributed by atoms with Gasteiger partial charge in [0, 0.05) is 13.0 Å². The predicted octanol–water partition coefficient (Wildman–Crippen LogP) is 1.97. The van der Waals surface area contributed by atoms with Crippen LogP contribution in [-0.4, -0.2) is 12.5 Å². The predicted molar refractivity (Wildman–Crippen MR) is 49.4 cm³/mol. The summed E-state index contributed by atoms with van der Waals surface area (Å²) in [6.45, 7) is 8.19. The highest BCUT2D eigenvalue weighted by Crippen LogP contribution is 2.05. The summed E-state index contributed by atoms with van der Waals surface area (Å²) >= 11 is 0. The van der Waals surface area contributed by atoms with Crippen LogP contribution in [0.2, 0.25) is 0 Å². The van der Waals surface area contributed by atoms with E-state index in [4.69, 9.17) is 0 Å². The lowest BCUT2D eigenvalue weighted by Gasteiger charge is -1.88. The van der Waals surface area contributed by atoms with Crippen molar-refractivity contribution >= 4 is 5.91 Å². The molecule has 1 atom stereocenters. The quantitative estimate of drug-likeness (QED) is 0.535. The van der Waals surface area contributed by atoms with Crippen molar-refractivity contribution in [3.05, 3.63) is 12.7 Å². The smallest absolute Gasteiger partial charge is 0.220 e. The lowest BCUT2D eigenvalue weighted by Crippen LogP contribution is -2.13. The molecule has 1 unspecified atom stereocenters. The Bertz CT molecular complexity index is 121. The molecular weight excluding hydrogens is 138 g/mol. The van der Waals surface area contributed by atoms with Gasteiger partial charge >= 0.3 is 0 Å². The van der Waals surface area contributed by atoms with Gasteiger partial charge in [0.05, 0.1) is 0 Å². The molecule has 0 radical (unpaired) electrons. The summed E-state index contributed by atoms with van der Waals surface area (Å²) in [7, 11) is 0. The highest BCUT2D eigenvalue weighted by Gasteiger charge is 2.15. The molecule has 0 aromatic rings. The van der Waals surface area contributed by atoms with Crippen LogP contribution in [0.15, 0.2) is 12.7 Å². The summed E-state index contributed by atoms with van der Waals surface area (Å²) in [4.78, 5) is 10.3. The summed E-state index contributed by atoms with van der Waals surface area (Å²) < 4.78 is 0. The van der Waals surface area contributed by atoms with E-state index in [1.807, 2.05) is 6.92 Å². The Morgan fingerprint density at radius 3 is 2.27 bits per heavy atom. The first kappa shape index (κ1) is 12.8. The van der Waals surface area contributed by atoms with Gasteiger partial charge in [-0.3, -0.25) is 4.79 Å². The fourth-order valence-electron chi connectivity index (χ4n) is 0.749. The topological polar surface area (TPSA) is 29.1 Å². The van der Waals surface area contributed by atoms with Crippen LogP contribution < -0.4 is 5.32 Å². The van der Waals surface area contributed by atoms with E-state index in [1.165, 1.54) is 0 Å². The van der Waals surface area contributed by atoms with Gasteiger partial charge in [0.15, 0.2) is 0 Å². The maximum Gasteiger partial charge on any atom is 0.220 e. The molecule has 1 heterocycles. The van der Waals surface area contributed by atoms with E-state index in [0.29, 0.717) is 5.92 Å². The minimum atomic E-state index is 0. The van der Waals surface area contributed by atoms with E-state index in [2.05, 4.69) is 18.8 Å². The second kappa shape index (κ2) is 7.32. The van der Waals surface area contributed by atoms with E-state index < -0.39 is 0 Å². The SMILES string of the molecule is C.C=CC.CC1CNC(=O)C1. The van der Waals surface area contributed by atoms with Crippen LogP contribution >= 0.6 is 0 Å². The third-order valence-electron chi connectivity index (χ3n) is 1.18. The van der Waals surface area contributed by atoms with Gasteiger partial charge in [0.25, 0.3) is 0 Å². The summed E-state index contributed by atoms with van der Waals surface area (Å²) in [5.41, 5.74) is 0. The van der Waals surface area contributed by atoms with Gasteiger partial charge in [-0.25, -0.2) is 0 Å². The molecule has 2 nitrogen and oxygen atoms in total. The maximum absolute atomic E-state index is 10.3. The molecule has 0 aromatic heterocycles. The van der Waals surface area contributed by atoms with Crippen molar-refractivity contribution in [2.24, 2.45) is 5.92 Å². The van der Waals surface area contributed by atoms with E-state index in [0.717, 1.165) is 13.0 Å². The number of amides is 1. The molecule has 1 fully saturated rings. The van der Waals surface area contributed by atoms with E-state index in [1.54, 1.807) is 6.08 Å². The standard InChI is InChI=1S/C5H9NO.C3H6.CH4/c1-4-2-5(7)6-3-4;1-3-2;/h4H,2-3H2,1H3,(H,6,7);3H,1H2,2H3;1H4. The Labute approximate surface area is 69.7 Å². The van der Waals surface area contributed by atoms with Crippen LogP contribution in [0.1, 0.15) is 27.7 Å². The van der Waals surface area contributed by atoms with Crippen molar-refractivity contribution in [3.63, 3.8) is 0 Å². The monoisotopic (exact) mass is 157 g/mol. The molecular formula is C9H19NO. The fraction of sp³-hybridized carbons (Fsp3) is 0.667. The van der Waals surface area contributed by atoms with Crippen LogP contribution in [0.25, 0.3) is 0 Å². The Balaban J connectivity index is 0. The Morgan fingerprint density at radius 2 is 2.18 bits per heavy atom. The second-order valence-corrected chi connectivity index (χ2v) is 2.52. The van der Waals surface area contributed by atoms with Gasteiger partial charge < -0.3 is 5.32 Å². The van der Waals surface area contributed by atoms with Crippen LogP contribution in [-0.2, 0) is 4.79 Å². The third-order valence-corrected chi connectivity index (χ3v) is 1.18. The molecule has 1 aliphatic heterocycles. The highest BCUT2D eigenvalue weighted by molar-refractivity contribution is 5.78. The Hall–Kier alpha value is -0.790. The number of nitrogens with one attached hydrogen (secondary N) is 1. The first-order chi connectivity index (χ1) is 4.70. The zero-order chi connectivity index (χ0) is 7.98. The van der Waals surface area contributed by atoms with Crippen molar-refractivity contribution in [2.45, 2.75) is 27.7 Å². The van der Waals surface area contributed by atoms with E-state index >= 15 is 0 Å². The Morgan fingerprint density at radius 1 is 1.73 bits per heavy atom. The zero-order valence-electron chi connectivity index (χ0n) is 6.68. The number of hydrogen-bond donors (Lipinski definition) is 1. The molecule has 0 saturated carbocycles. The van der Waals surface area contributed by atoms with Crippen LogP contribution in [0, 0.1) is 5.92 Å². The number of carbonyl (C=O) groups is 1. The first-order valence-corrected chi connectivity index (χ1v) is 3.54. The van der Waals surface area contributed by atoms with Crippen molar-refractivity contribution in [1.82, 2.24) is 5.32 Å². The second-order valence-electron chi connectivity index (χ2n) is 2.52. The van der Waals surface area contributed by atoms with Gasteiger partial charge in [-0.2, -0.15) is 0 Å². The number of rotatable bonds is 0. The fourth-order valence-corrected chi connectivity index (χ4v) is 0.749. The summed E-state index contributed by atoms with van der Waals surface area (Å²) in [6.07, 6.45) is 2.47. The molecule has 0 spiro atoms. The normalized spacial score (nSPS) is 20.5. The lowest BCUT2D eigenvalue weighted by molar-refractivity contribution is -0.119. The molecule has 1 N–H and O–H groups in total. The Kier molecular flexibility index (Phi) is 8.55. The number of allylic oxidation sites excluding steroid dienone is 1. The summed E-state index contributed by atoms with van der Waals surface area (Å²) in [5, 5.41) is 2.73. The molecule has 1 rings (SSSR count). The zero-order valence-corrected chi connectivity index (χ0v) is 6.68.